The predicted molar refractivity (Wildman–Crippen MR) is 112 cm³/mol. The molecule has 2 atom stereocenters. The molecule has 0 radical (unpaired) electrons. The molecule has 152 valence electrons. The van der Waals surface area contributed by atoms with Crippen molar-refractivity contribution in [2.24, 2.45) is 17.3 Å². The molecule has 4 aliphatic carbocycles. The van der Waals surface area contributed by atoms with Crippen LogP contribution < -0.4 is 5.32 Å². The van der Waals surface area contributed by atoms with Crippen LogP contribution in [0.1, 0.15) is 50.5 Å². The topological polar surface area (TPSA) is 69.6 Å². The number of hydrogen-bond donors (Lipinski definition) is 2. The number of aliphatic hydroxyl groups is 1. The lowest BCUT2D eigenvalue weighted by atomic mass is 9.47. The Morgan fingerprint density at radius 2 is 1.93 bits per heavy atom. The van der Waals surface area contributed by atoms with Crippen LogP contribution >= 0.6 is 15.9 Å². The first-order chi connectivity index (χ1) is 13.2. The molecule has 4 fully saturated rings. The number of carbonyl (C=O) groups is 2. The fourth-order valence-corrected chi connectivity index (χ4v) is 6.80. The van der Waals surface area contributed by atoms with Crippen molar-refractivity contribution in [3.63, 3.8) is 0 Å². The van der Waals surface area contributed by atoms with Crippen LogP contribution in [0.4, 0.5) is 5.69 Å². The van der Waals surface area contributed by atoms with Crippen molar-refractivity contribution in [2.45, 2.75) is 57.5 Å². The van der Waals surface area contributed by atoms with Gasteiger partial charge in [-0.1, -0.05) is 15.9 Å². The predicted octanol–water partition coefficient (Wildman–Crippen LogP) is 3.88. The number of anilines is 1. The number of likely N-dealkylation sites (N-methyl/N-ethyl adjacent to an activating group) is 1. The van der Waals surface area contributed by atoms with Crippen LogP contribution in [-0.4, -0.2) is 41.0 Å². The van der Waals surface area contributed by atoms with E-state index >= 15 is 0 Å². The summed E-state index contributed by atoms with van der Waals surface area (Å²) < 4.78 is 0.965. The normalized spacial score (nSPS) is 33.0. The highest BCUT2D eigenvalue weighted by Crippen LogP contribution is 2.62. The third kappa shape index (κ3) is 3.99. The molecule has 4 saturated carbocycles. The first-order valence-electron chi connectivity index (χ1n) is 10.2. The number of benzene rings is 1. The molecular weight excluding hydrogens is 420 g/mol. The molecule has 0 heterocycles. The molecule has 0 aliphatic heterocycles. The Morgan fingerprint density at radius 3 is 2.54 bits per heavy atom. The quantitative estimate of drug-likeness (QED) is 0.717. The van der Waals surface area contributed by atoms with E-state index in [-0.39, 0.29) is 23.8 Å². The standard InChI is InChI=1S/C22H29BrN2O3/c1-14-5-17(23)3-4-18(14)24-19(26)12-25(2)20(27)11-21-7-15-6-16(8-21)10-22(28,9-15)13-21/h3-5,15-16,28H,6-13H2,1-2H3,(H,24,26). The minimum Gasteiger partial charge on any atom is -0.390 e. The first kappa shape index (κ1) is 19.9. The van der Waals surface area contributed by atoms with Crippen molar-refractivity contribution < 1.29 is 14.7 Å². The number of aryl methyl sites for hydroxylation is 1. The summed E-state index contributed by atoms with van der Waals surface area (Å²) in [6.45, 7) is 1.98. The van der Waals surface area contributed by atoms with E-state index in [1.807, 2.05) is 25.1 Å². The fourth-order valence-electron chi connectivity index (χ4n) is 6.33. The Kier molecular flexibility index (Phi) is 5.07. The van der Waals surface area contributed by atoms with E-state index in [0.717, 1.165) is 47.8 Å². The second kappa shape index (κ2) is 7.13. The van der Waals surface area contributed by atoms with Crippen LogP contribution in [0.3, 0.4) is 0 Å². The highest BCUT2D eigenvalue weighted by Gasteiger charge is 2.57. The van der Waals surface area contributed by atoms with Gasteiger partial charge in [0.05, 0.1) is 12.1 Å². The smallest absolute Gasteiger partial charge is 0.243 e. The largest absolute Gasteiger partial charge is 0.390 e. The molecule has 2 N–H and O–H groups in total. The summed E-state index contributed by atoms with van der Waals surface area (Å²) in [5.41, 5.74) is 1.11. The van der Waals surface area contributed by atoms with Crippen molar-refractivity contribution in [1.29, 1.82) is 0 Å². The van der Waals surface area contributed by atoms with Crippen LogP contribution in [0.25, 0.3) is 0 Å². The fraction of sp³-hybridized carbons (Fsp3) is 0.636. The molecule has 0 aromatic heterocycles. The molecule has 1 aromatic carbocycles. The number of amides is 2. The monoisotopic (exact) mass is 448 g/mol. The van der Waals surface area contributed by atoms with E-state index < -0.39 is 5.60 Å². The van der Waals surface area contributed by atoms with E-state index in [9.17, 15) is 14.7 Å². The Morgan fingerprint density at radius 1 is 1.25 bits per heavy atom. The highest BCUT2D eigenvalue weighted by atomic mass is 79.9. The molecule has 2 amide bonds. The van der Waals surface area contributed by atoms with Crippen LogP contribution in [0.15, 0.2) is 22.7 Å². The van der Waals surface area contributed by atoms with E-state index in [2.05, 4.69) is 21.2 Å². The maximum absolute atomic E-state index is 12.9. The lowest BCUT2D eigenvalue weighted by molar-refractivity contribution is -0.171. The average molecular weight is 449 g/mol. The van der Waals surface area contributed by atoms with Gasteiger partial charge in [0.25, 0.3) is 0 Å². The molecule has 6 heteroatoms. The van der Waals surface area contributed by atoms with Crippen molar-refractivity contribution in [3.8, 4) is 0 Å². The zero-order valence-corrected chi connectivity index (χ0v) is 18.2. The summed E-state index contributed by atoms with van der Waals surface area (Å²) >= 11 is 3.42. The Balaban J connectivity index is 1.35. The van der Waals surface area contributed by atoms with E-state index in [4.69, 9.17) is 0 Å². The molecule has 5 nitrogen and oxygen atoms in total. The third-order valence-corrected chi connectivity index (χ3v) is 7.44. The molecule has 5 rings (SSSR count). The van der Waals surface area contributed by atoms with Crippen LogP contribution in [0, 0.1) is 24.2 Å². The lowest BCUT2D eigenvalue weighted by Gasteiger charge is -2.60. The van der Waals surface area contributed by atoms with Crippen LogP contribution in [0.5, 0.6) is 0 Å². The van der Waals surface area contributed by atoms with Crippen LogP contribution in [-0.2, 0) is 9.59 Å². The van der Waals surface area contributed by atoms with Gasteiger partial charge >= 0.3 is 0 Å². The van der Waals surface area contributed by atoms with Crippen LogP contribution in [0.2, 0.25) is 0 Å². The number of carbonyl (C=O) groups excluding carboxylic acids is 2. The summed E-state index contributed by atoms with van der Waals surface area (Å²) in [5.74, 6) is 0.944. The zero-order chi connectivity index (χ0) is 20.1. The summed E-state index contributed by atoms with van der Waals surface area (Å²) in [7, 11) is 1.70. The first-order valence-corrected chi connectivity index (χ1v) is 11.0. The maximum Gasteiger partial charge on any atom is 0.243 e. The number of nitrogens with zero attached hydrogens (tertiary/aromatic N) is 1. The van der Waals surface area contributed by atoms with Gasteiger partial charge in [-0.15, -0.1) is 0 Å². The van der Waals surface area contributed by atoms with Gasteiger partial charge in [-0.05, 0) is 86.5 Å². The third-order valence-electron chi connectivity index (χ3n) is 6.95. The SMILES string of the molecule is Cc1cc(Br)ccc1NC(=O)CN(C)C(=O)CC12CC3CC(CC(O)(C3)C1)C2. The van der Waals surface area contributed by atoms with E-state index in [1.54, 1.807) is 7.05 Å². The summed E-state index contributed by atoms with van der Waals surface area (Å²) in [4.78, 5) is 26.8. The molecule has 2 unspecified atom stereocenters. The Labute approximate surface area is 175 Å². The zero-order valence-electron chi connectivity index (χ0n) is 16.6. The van der Waals surface area contributed by atoms with Gasteiger partial charge in [0, 0.05) is 23.6 Å². The average Bonchev–Trinajstić information content (AvgIpc) is 2.54. The summed E-state index contributed by atoms with van der Waals surface area (Å²) in [6.07, 6.45) is 6.32. The van der Waals surface area contributed by atoms with Crippen molar-refractivity contribution in [3.05, 3.63) is 28.2 Å². The van der Waals surface area contributed by atoms with Gasteiger partial charge in [-0.25, -0.2) is 0 Å². The summed E-state index contributed by atoms with van der Waals surface area (Å²) in [5, 5.41) is 13.8. The van der Waals surface area contributed by atoms with Gasteiger partial charge in [-0.3, -0.25) is 9.59 Å². The van der Waals surface area contributed by atoms with Crippen molar-refractivity contribution >= 4 is 33.4 Å². The maximum atomic E-state index is 12.9. The lowest BCUT2D eigenvalue weighted by Crippen LogP contribution is -2.56. The van der Waals surface area contributed by atoms with Gasteiger partial charge in [0.2, 0.25) is 11.8 Å². The Hall–Kier alpha value is -1.40. The van der Waals surface area contributed by atoms with Gasteiger partial charge in [0.15, 0.2) is 0 Å². The van der Waals surface area contributed by atoms with Gasteiger partial charge in [-0.2, -0.15) is 0 Å². The summed E-state index contributed by atoms with van der Waals surface area (Å²) in [6, 6.07) is 5.69. The number of halogens is 1. The number of nitrogens with one attached hydrogen (secondary N) is 1. The molecule has 4 aliphatic rings. The van der Waals surface area contributed by atoms with Crippen molar-refractivity contribution in [2.75, 3.05) is 18.9 Å². The molecular formula is C22H29BrN2O3. The second-order valence-electron chi connectivity index (χ2n) is 9.62. The second-order valence-corrected chi connectivity index (χ2v) is 10.5. The highest BCUT2D eigenvalue weighted by molar-refractivity contribution is 9.10. The minimum atomic E-state index is -0.556. The van der Waals surface area contributed by atoms with E-state index in [0.29, 0.717) is 18.3 Å². The minimum absolute atomic E-state index is 0.00762. The molecule has 28 heavy (non-hydrogen) atoms. The molecule has 1 aromatic rings. The molecule has 0 spiro atoms. The van der Waals surface area contributed by atoms with Gasteiger partial charge < -0.3 is 15.3 Å². The molecule has 4 bridgehead atoms. The number of hydrogen-bond acceptors (Lipinski definition) is 3. The van der Waals surface area contributed by atoms with Gasteiger partial charge in [0.1, 0.15) is 0 Å². The molecule has 0 saturated heterocycles. The Bertz CT molecular complexity index is 795. The number of rotatable bonds is 5. The van der Waals surface area contributed by atoms with Crippen molar-refractivity contribution in [1.82, 2.24) is 4.90 Å². The van der Waals surface area contributed by atoms with E-state index in [1.165, 1.54) is 11.3 Å².